The number of fused-ring (bicyclic) bond motifs is 1. The number of hydrogen-bond acceptors (Lipinski definition) is 6. The van der Waals surface area contributed by atoms with Gasteiger partial charge in [-0.25, -0.2) is 9.99 Å². The number of ether oxygens (including phenoxy) is 1. The van der Waals surface area contributed by atoms with Crippen LogP contribution in [0.25, 0.3) is 10.2 Å². The van der Waals surface area contributed by atoms with Gasteiger partial charge in [0, 0.05) is 13.1 Å². The number of anilines is 1. The van der Waals surface area contributed by atoms with Crippen LogP contribution in [0.3, 0.4) is 0 Å². The Hall–Kier alpha value is -0.950. The lowest BCUT2D eigenvalue weighted by molar-refractivity contribution is 0.0495. The van der Waals surface area contributed by atoms with Crippen LogP contribution in [0.5, 0.6) is 0 Å². The first kappa shape index (κ1) is 11.2. The van der Waals surface area contributed by atoms with Crippen LogP contribution in [-0.4, -0.2) is 41.3 Å². The molecule has 1 fully saturated rings. The number of aromatic nitrogens is 2. The van der Waals surface area contributed by atoms with E-state index in [4.69, 9.17) is 16.3 Å². The Morgan fingerprint density at radius 1 is 1.35 bits per heavy atom. The number of nitrogens with zero attached hydrogens (tertiary/aromatic N) is 3. The van der Waals surface area contributed by atoms with Gasteiger partial charge in [0.25, 0.3) is 0 Å². The molecule has 1 aliphatic heterocycles. The maximum atomic E-state index is 5.90. The summed E-state index contributed by atoms with van der Waals surface area (Å²) in [6.07, 6.45) is 0. The third-order valence-electron chi connectivity index (χ3n) is 2.57. The fraction of sp³-hybridized carbons (Fsp3) is 0.400. The van der Waals surface area contributed by atoms with E-state index in [0.29, 0.717) is 0 Å². The highest BCUT2D eigenvalue weighted by Gasteiger charge is 2.13. The molecule has 17 heavy (non-hydrogen) atoms. The molecule has 5 nitrogen and oxygen atoms in total. The molecule has 3 rings (SSSR count). The molecule has 0 saturated carbocycles. The van der Waals surface area contributed by atoms with Gasteiger partial charge in [0.05, 0.1) is 18.6 Å². The predicted molar refractivity (Wildman–Crippen MR) is 68.4 cm³/mol. The summed E-state index contributed by atoms with van der Waals surface area (Å²) < 4.78 is 5.30. The lowest BCUT2D eigenvalue weighted by Gasteiger charge is -2.27. The topological polar surface area (TPSA) is 50.3 Å². The van der Waals surface area contributed by atoms with Gasteiger partial charge in [0.2, 0.25) is 5.28 Å². The molecular formula is C10H11ClN4OS. The Balaban J connectivity index is 1.90. The maximum Gasteiger partial charge on any atom is 0.225 e. The van der Waals surface area contributed by atoms with Crippen LogP contribution in [-0.2, 0) is 4.74 Å². The van der Waals surface area contributed by atoms with Crippen LogP contribution in [0, 0.1) is 0 Å². The van der Waals surface area contributed by atoms with Gasteiger partial charge in [0.1, 0.15) is 4.83 Å². The number of rotatable bonds is 2. The molecule has 0 amide bonds. The van der Waals surface area contributed by atoms with E-state index in [9.17, 15) is 0 Å². The lowest BCUT2D eigenvalue weighted by atomic mass is 10.4. The van der Waals surface area contributed by atoms with Crippen molar-refractivity contribution in [3.8, 4) is 0 Å². The Morgan fingerprint density at radius 3 is 3.00 bits per heavy atom. The third-order valence-corrected chi connectivity index (χ3v) is 3.55. The summed E-state index contributed by atoms with van der Waals surface area (Å²) in [7, 11) is 0. The minimum atomic E-state index is 0.274. The van der Waals surface area contributed by atoms with Gasteiger partial charge in [-0.2, -0.15) is 4.98 Å². The van der Waals surface area contributed by atoms with Crippen molar-refractivity contribution in [2.75, 3.05) is 31.7 Å². The van der Waals surface area contributed by atoms with Crippen LogP contribution in [0.4, 0.5) is 5.82 Å². The fourth-order valence-corrected chi connectivity index (χ4v) is 2.72. The van der Waals surface area contributed by atoms with Crippen molar-refractivity contribution in [2.45, 2.75) is 0 Å². The Kier molecular flexibility index (Phi) is 3.11. The van der Waals surface area contributed by atoms with E-state index in [2.05, 4.69) is 20.4 Å². The molecule has 0 aliphatic carbocycles. The number of hydrogen-bond donors (Lipinski definition) is 1. The number of nitrogens with one attached hydrogen (secondary N) is 1. The summed E-state index contributed by atoms with van der Waals surface area (Å²) in [5, 5.41) is 5.35. The highest BCUT2D eigenvalue weighted by molar-refractivity contribution is 7.16. The quantitative estimate of drug-likeness (QED) is 0.846. The fourth-order valence-electron chi connectivity index (χ4n) is 1.74. The first-order chi connectivity index (χ1) is 8.33. The van der Waals surface area contributed by atoms with Crippen LogP contribution in [0.15, 0.2) is 11.4 Å². The normalized spacial score (nSPS) is 17.5. The van der Waals surface area contributed by atoms with Crippen molar-refractivity contribution in [3.63, 3.8) is 0 Å². The van der Waals surface area contributed by atoms with Crippen LogP contribution in [0.2, 0.25) is 5.28 Å². The predicted octanol–water partition coefficient (Wildman–Crippen LogP) is 2.00. The van der Waals surface area contributed by atoms with Gasteiger partial charge in [-0.3, -0.25) is 0 Å². The van der Waals surface area contributed by atoms with Crippen LogP contribution < -0.4 is 5.43 Å². The molecule has 0 radical (unpaired) electrons. The summed E-state index contributed by atoms with van der Waals surface area (Å²) >= 11 is 7.46. The third kappa shape index (κ3) is 2.35. The van der Waals surface area contributed by atoms with Crippen molar-refractivity contribution in [2.24, 2.45) is 0 Å². The van der Waals surface area contributed by atoms with E-state index in [1.165, 1.54) is 0 Å². The van der Waals surface area contributed by atoms with E-state index in [0.717, 1.165) is 42.3 Å². The van der Waals surface area contributed by atoms with Gasteiger partial charge >= 0.3 is 0 Å². The Morgan fingerprint density at radius 2 is 2.18 bits per heavy atom. The second-order valence-electron chi connectivity index (χ2n) is 3.69. The zero-order valence-electron chi connectivity index (χ0n) is 9.02. The zero-order valence-corrected chi connectivity index (χ0v) is 10.6. The second-order valence-corrected chi connectivity index (χ2v) is 4.92. The molecule has 2 aromatic heterocycles. The number of halogens is 1. The molecule has 7 heteroatoms. The molecule has 0 aromatic carbocycles. The highest BCUT2D eigenvalue weighted by Crippen LogP contribution is 2.26. The monoisotopic (exact) mass is 270 g/mol. The largest absolute Gasteiger partial charge is 0.379 e. The lowest BCUT2D eigenvalue weighted by Crippen LogP contribution is -2.40. The summed E-state index contributed by atoms with van der Waals surface area (Å²) in [5.41, 5.74) is 3.28. The van der Waals surface area contributed by atoms with Crippen molar-refractivity contribution >= 4 is 39.0 Å². The zero-order chi connectivity index (χ0) is 11.7. The summed E-state index contributed by atoms with van der Waals surface area (Å²) in [4.78, 5) is 9.32. The van der Waals surface area contributed by atoms with E-state index in [1.54, 1.807) is 11.3 Å². The first-order valence-electron chi connectivity index (χ1n) is 5.33. The smallest absolute Gasteiger partial charge is 0.225 e. The van der Waals surface area contributed by atoms with Gasteiger partial charge < -0.3 is 10.2 Å². The van der Waals surface area contributed by atoms with Gasteiger partial charge in [0.15, 0.2) is 5.82 Å². The van der Waals surface area contributed by atoms with Crippen molar-refractivity contribution < 1.29 is 4.74 Å². The molecular weight excluding hydrogens is 260 g/mol. The Labute approximate surface area is 107 Å². The minimum absolute atomic E-state index is 0.274. The molecule has 90 valence electrons. The molecule has 0 unspecified atom stereocenters. The summed E-state index contributed by atoms with van der Waals surface area (Å²) in [6, 6.07) is 2.00. The van der Waals surface area contributed by atoms with Crippen LogP contribution >= 0.6 is 22.9 Å². The number of thiophene rings is 1. The van der Waals surface area contributed by atoms with Gasteiger partial charge in [-0.1, -0.05) is 0 Å². The van der Waals surface area contributed by atoms with Gasteiger partial charge in [-0.05, 0) is 23.0 Å². The molecule has 1 N–H and O–H groups in total. The molecule has 0 bridgehead atoms. The minimum Gasteiger partial charge on any atom is -0.379 e. The molecule has 3 heterocycles. The van der Waals surface area contributed by atoms with E-state index >= 15 is 0 Å². The SMILES string of the molecule is Clc1nc(NN2CCOCC2)c2ccsc2n1. The molecule has 1 saturated heterocycles. The Bertz CT molecular complexity index is 526. The average Bonchev–Trinajstić information content (AvgIpc) is 2.78. The molecule has 0 atom stereocenters. The standard InChI is InChI=1S/C10H11ClN4OS/c11-10-12-8(7-1-6-17-9(7)13-10)14-15-2-4-16-5-3-15/h1,6H,2-5H2,(H,12,13,14). The number of morpholine rings is 1. The summed E-state index contributed by atoms with van der Waals surface area (Å²) in [6.45, 7) is 3.15. The summed E-state index contributed by atoms with van der Waals surface area (Å²) in [5.74, 6) is 0.767. The highest BCUT2D eigenvalue weighted by atomic mass is 35.5. The maximum absolute atomic E-state index is 5.90. The van der Waals surface area contributed by atoms with E-state index in [-0.39, 0.29) is 5.28 Å². The van der Waals surface area contributed by atoms with E-state index < -0.39 is 0 Å². The first-order valence-corrected chi connectivity index (χ1v) is 6.59. The number of hydrazine groups is 1. The average molecular weight is 271 g/mol. The molecule has 1 aliphatic rings. The van der Waals surface area contributed by atoms with Crippen molar-refractivity contribution in [1.29, 1.82) is 0 Å². The molecule has 2 aromatic rings. The van der Waals surface area contributed by atoms with Crippen LogP contribution in [0.1, 0.15) is 0 Å². The van der Waals surface area contributed by atoms with Crippen molar-refractivity contribution in [3.05, 3.63) is 16.7 Å². The van der Waals surface area contributed by atoms with Crippen molar-refractivity contribution in [1.82, 2.24) is 15.0 Å². The van der Waals surface area contributed by atoms with Gasteiger partial charge in [-0.15, -0.1) is 11.3 Å². The van der Waals surface area contributed by atoms with E-state index in [1.807, 2.05) is 11.4 Å². The second kappa shape index (κ2) is 4.73. The molecule has 0 spiro atoms.